The number of hydrogen-bond donors (Lipinski definition) is 2. The molecule has 128 valence electrons. The Bertz CT molecular complexity index is 838. The van der Waals surface area contributed by atoms with Crippen LogP contribution in [0.2, 0.25) is 0 Å². The number of halogens is 1. The van der Waals surface area contributed by atoms with E-state index >= 15 is 0 Å². The van der Waals surface area contributed by atoms with Crippen LogP contribution in [0.15, 0.2) is 48.1 Å². The van der Waals surface area contributed by atoms with Crippen LogP contribution in [0, 0.1) is 11.7 Å². The third-order valence-electron chi connectivity index (χ3n) is 4.10. The van der Waals surface area contributed by atoms with Crippen LogP contribution < -0.4 is 0 Å². The molecule has 0 radical (unpaired) electrons. The number of rotatable bonds is 5. The van der Waals surface area contributed by atoms with Gasteiger partial charge in [-0.2, -0.15) is 0 Å². The Labute approximate surface area is 137 Å². The number of carbonyl (C=O) groups is 2. The monoisotopic (exact) mass is 354 g/mol. The van der Waals surface area contributed by atoms with E-state index in [0.29, 0.717) is 0 Å². The van der Waals surface area contributed by atoms with Crippen molar-refractivity contribution in [1.29, 1.82) is 0 Å². The van der Waals surface area contributed by atoms with Crippen LogP contribution in [0.25, 0.3) is 0 Å². The third-order valence-corrected chi connectivity index (χ3v) is 6.50. The third kappa shape index (κ3) is 2.84. The molecule has 0 heterocycles. The molecule has 1 aliphatic rings. The Balaban J connectivity index is 2.52. The van der Waals surface area contributed by atoms with Crippen LogP contribution in [0.3, 0.4) is 0 Å². The van der Waals surface area contributed by atoms with Crippen molar-refractivity contribution in [3.63, 3.8) is 0 Å². The molecule has 0 aliphatic heterocycles. The Morgan fingerprint density at radius 2 is 1.79 bits per heavy atom. The Hall–Kier alpha value is -2.48. The molecule has 2 atom stereocenters. The topological polar surface area (TPSA) is 109 Å². The number of hydrogen-bond acceptors (Lipinski definition) is 4. The minimum absolute atomic E-state index is 0.212. The fourth-order valence-electron chi connectivity index (χ4n) is 2.75. The molecule has 1 unspecified atom stereocenters. The minimum Gasteiger partial charge on any atom is -0.480 e. The van der Waals surface area contributed by atoms with E-state index in [2.05, 4.69) is 0 Å². The highest BCUT2D eigenvalue weighted by Gasteiger charge is 2.55. The first kappa shape index (κ1) is 17.9. The first-order chi connectivity index (χ1) is 11.1. The molecule has 2 N–H and O–H groups in total. The molecule has 0 saturated carbocycles. The van der Waals surface area contributed by atoms with Gasteiger partial charge in [0, 0.05) is 11.5 Å². The van der Waals surface area contributed by atoms with Crippen molar-refractivity contribution in [3.05, 3.63) is 59.4 Å². The summed E-state index contributed by atoms with van der Waals surface area (Å²) < 4.78 is 36.2. The lowest BCUT2D eigenvalue weighted by molar-refractivity contribution is -0.140. The molecule has 24 heavy (non-hydrogen) atoms. The van der Waals surface area contributed by atoms with Crippen molar-refractivity contribution in [2.75, 3.05) is 0 Å². The van der Waals surface area contributed by atoms with E-state index in [9.17, 15) is 32.6 Å². The fraction of sp³-hybridized carbons (Fsp3) is 0.250. The minimum atomic E-state index is -4.34. The van der Waals surface area contributed by atoms with Gasteiger partial charge in [0.25, 0.3) is 0 Å². The normalized spacial score (nSPS) is 23.6. The van der Waals surface area contributed by atoms with Gasteiger partial charge in [-0.05, 0) is 17.7 Å². The lowest BCUT2D eigenvalue weighted by atomic mass is 9.82. The predicted octanol–water partition coefficient (Wildman–Crippen LogP) is 1.78. The largest absolute Gasteiger partial charge is 0.480 e. The van der Waals surface area contributed by atoms with Gasteiger partial charge in [-0.25, -0.2) is 17.6 Å². The van der Waals surface area contributed by atoms with Crippen LogP contribution in [-0.2, 0) is 25.2 Å². The van der Waals surface area contributed by atoms with Crippen LogP contribution in [-0.4, -0.2) is 35.3 Å². The Morgan fingerprint density at radius 3 is 2.29 bits per heavy atom. The lowest BCUT2D eigenvalue weighted by Gasteiger charge is -2.34. The first-order valence-corrected chi connectivity index (χ1v) is 8.60. The van der Waals surface area contributed by atoms with Gasteiger partial charge in [0.05, 0.1) is 5.75 Å². The zero-order valence-corrected chi connectivity index (χ0v) is 13.5. The maximum Gasteiger partial charge on any atom is 0.331 e. The molecule has 0 saturated heterocycles. The second kappa shape index (κ2) is 6.20. The van der Waals surface area contributed by atoms with Crippen molar-refractivity contribution in [2.24, 2.45) is 5.92 Å². The van der Waals surface area contributed by atoms with Crippen molar-refractivity contribution < 1.29 is 32.6 Å². The van der Waals surface area contributed by atoms with E-state index in [1.807, 2.05) is 0 Å². The van der Waals surface area contributed by atoms with Crippen LogP contribution in [0.5, 0.6) is 0 Å². The number of benzene rings is 1. The summed E-state index contributed by atoms with van der Waals surface area (Å²) >= 11 is 0. The smallest absolute Gasteiger partial charge is 0.331 e. The average molecular weight is 354 g/mol. The second-order valence-corrected chi connectivity index (χ2v) is 7.69. The van der Waals surface area contributed by atoms with Crippen LogP contribution in [0.4, 0.5) is 4.39 Å². The van der Waals surface area contributed by atoms with Crippen molar-refractivity contribution >= 4 is 21.8 Å². The maximum absolute atomic E-state index is 13.0. The zero-order valence-electron chi connectivity index (χ0n) is 12.6. The number of allylic oxidation sites excluding steroid dienone is 2. The Kier molecular flexibility index (Phi) is 4.61. The van der Waals surface area contributed by atoms with Gasteiger partial charge >= 0.3 is 11.9 Å². The van der Waals surface area contributed by atoms with Gasteiger partial charge in [0.2, 0.25) is 0 Å². The molecule has 0 bridgehead atoms. The highest BCUT2D eigenvalue weighted by Crippen LogP contribution is 2.39. The van der Waals surface area contributed by atoms with E-state index in [-0.39, 0.29) is 11.1 Å². The fourth-order valence-corrected chi connectivity index (χ4v) is 4.84. The molecule has 0 fully saturated rings. The van der Waals surface area contributed by atoms with Crippen LogP contribution >= 0.6 is 0 Å². The van der Waals surface area contributed by atoms with Gasteiger partial charge in [-0.1, -0.05) is 37.3 Å². The number of aliphatic carboxylic acids is 2. The highest BCUT2D eigenvalue weighted by molar-refractivity contribution is 7.93. The van der Waals surface area contributed by atoms with Crippen molar-refractivity contribution in [2.45, 2.75) is 17.4 Å². The molecule has 0 spiro atoms. The molecule has 1 aromatic carbocycles. The number of carboxylic acid groups (broad SMARTS) is 2. The van der Waals surface area contributed by atoms with Gasteiger partial charge in [0.1, 0.15) is 5.82 Å². The maximum atomic E-state index is 13.0. The number of carboxylic acids is 2. The van der Waals surface area contributed by atoms with E-state index in [0.717, 1.165) is 24.3 Å². The zero-order chi connectivity index (χ0) is 18.1. The van der Waals surface area contributed by atoms with Gasteiger partial charge in [-0.3, -0.25) is 4.79 Å². The molecule has 8 heteroatoms. The standard InChI is InChI=1S/C16H15FO6S/c1-10-13(14(18)19)3-2-8-16(10,15(20)21)24(22,23)9-11-4-6-12(17)7-5-11/h2-8,10H,9H2,1H3,(H,18,19)(H,20,21)/t10?,16-/m1/s1. The average Bonchev–Trinajstić information content (AvgIpc) is 2.48. The van der Waals surface area contributed by atoms with Gasteiger partial charge in [-0.15, -0.1) is 0 Å². The van der Waals surface area contributed by atoms with Gasteiger partial charge in [0.15, 0.2) is 14.6 Å². The lowest BCUT2D eigenvalue weighted by Crippen LogP contribution is -2.52. The summed E-state index contributed by atoms with van der Waals surface area (Å²) in [6.07, 6.45) is 3.30. The van der Waals surface area contributed by atoms with E-state index in [4.69, 9.17) is 0 Å². The van der Waals surface area contributed by atoms with E-state index in [1.165, 1.54) is 25.1 Å². The molecular formula is C16H15FO6S. The number of sulfone groups is 1. The SMILES string of the molecule is CC1C(C(=O)O)=CC=C[C@@]1(C(=O)O)S(=O)(=O)Cc1ccc(F)cc1. The summed E-state index contributed by atoms with van der Waals surface area (Å²) in [4.78, 5) is 23.1. The molecule has 0 amide bonds. The molecule has 6 nitrogen and oxygen atoms in total. The quantitative estimate of drug-likeness (QED) is 0.834. The summed E-state index contributed by atoms with van der Waals surface area (Å²) in [5, 5.41) is 18.8. The molecule has 2 rings (SSSR count). The summed E-state index contributed by atoms with van der Waals surface area (Å²) in [5.74, 6) is -5.52. The molecule has 1 aliphatic carbocycles. The van der Waals surface area contributed by atoms with E-state index < -0.39 is 44.0 Å². The Morgan fingerprint density at radius 1 is 1.21 bits per heavy atom. The highest BCUT2D eigenvalue weighted by atomic mass is 32.2. The predicted molar refractivity (Wildman–Crippen MR) is 83.4 cm³/mol. The molecule has 1 aromatic rings. The van der Waals surface area contributed by atoms with Crippen LogP contribution in [0.1, 0.15) is 12.5 Å². The van der Waals surface area contributed by atoms with Crippen molar-refractivity contribution in [3.8, 4) is 0 Å². The summed E-state index contributed by atoms with van der Waals surface area (Å²) in [7, 11) is -4.34. The first-order valence-electron chi connectivity index (χ1n) is 6.94. The summed E-state index contributed by atoms with van der Waals surface area (Å²) in [6.45, 7) is 1.25. The van der Waals surface area contributed by atoms with Crippen molar-refractivity contribution in [1.82, 2.24) is 0 Å². The molecule has 0 aromatic heterocycles. The summed E-state index contributed by atoms with van der Waals surface area (Å²) in [5.41, 5.74) is -0.0911. The summed E-state index contributed by atoms with van der Waals surface area (Å²) in [6, 6.07) is 4.63. The second-order valence-electron chi connectivity index (χ2n) is 5.49. The van der Waals surface area contributed by atoms with E-state index in [1.54, 1.807) is 0 Å². The van der Waals surface area contributed by atoms with Gasteiger partial charge < -0.3 is 10.2 Å². The molecular weight excluding hydrogens is 339 g/mol.